The number of hydrogen-bond acceptors (Lipinski definition) is 2. The van der Waals surface area contributed by atoms with E-state index in [0.717, 1.165) is 18.4 Å². The van der Waals surface area contributed by atoms with Gasteiger partial charge in [0.25, 0.3) is 0 Å². The first-order valence-corrected chi connectivity index (χ1v) is 8.13. The Morgan fingerprint density at radius 1 is 1.14 bits per heavy atom. The Hall–Kier alpha value is -1.84. The molecule has 1 heterocycles. The van der Waals surface area contributed by atoms with Gasteiger partial charge in [0.15, 0.2) is 0 Å². The van der Waals surface area contributed by atoms with E-state index in [4.69, 9.17) is 5.11 Å². The van der Waals surface area contributed by atoms with Gasteiger partial charge >= 0.3 is 5.97 Å². The van der Waals surface area contributed by atoms with Gasteiger partial charge in [-0.25, -0.2) is 0 Å². The Bertz CT molecular complexity index is 514. The number of benzene rings is 1. The minimum atomic E-state index is -0.743. The zero-order valence-corrected chi connectivity index (χ0v) is 13.4. The van der Waals surface area contributed by atoms with E-state index in [1.807, 2.05) is 35.2 Å². The first-order chi connectivity index (χ1) is 10.5. The largest absolute Gasteiger partial charge is 0.481 e. The molecule has 2 rings (SSSR count). The zero-order valence-electron chi connectivity index (χ0n) is 13.4. The van der Waals surface area contributed by atoms with Gasteiger partial charge in [0.05, 0.1) is 11.3 Å². The number of amides is 1. The minimum absolute atomic E-state index is 0.146. The van der Waals surface area contributed by atoms with Crippen LogP contribution in [-0.2, 0) is 15.0 Å². The predicted octanol–water partition coefficient (Wildman–Crippen LogP) is 3.07. The third kappa shape index (κ3) is 3.01. The van der Waals surface area contributed by atoms with Crippen LogP contribution >= 0.6 is 0 Å². The molecule has 1 amide bonds. The fourth-order valence-corrected chi connectivity index (χ4v) is 3.47. The third-order valence-electron chi connectivity index (χ3n) is 5.07. The number of carboxylic acids is 1. The Morgan fingerprint density at radius 2 is 1.68 bits per heavy atom. The maximum Gasteiger partial charge on any atom is 0.306 e. The average molecular weight is 303 g/mol. The van der Waals surface area contributed by atoms with E-state index >= 15 is 0 Å². The van der Waals surface area contributed by atoms with Crippen LogP contribution in [0.4, 0.5) is 0 Å². The molecule has 0 aromatic heterocycles. The summed E-state index contributed by atoms with van der Waals surface area (Å²) in [6, 6.07) is 9.95. The lowest BCUT2D eigenvalue weighted by atomic mass is 9.74. The van der Waals surface area contributed by atoms with Crippen molar-refractivity contribution in [1.82, 2.24) is 4.90 Å². The summed E-state index contributed by atoms with van der Waals surface area (Å²) in [5.41, 5.74) is 0.572. The summed E-state index contributed by atoms with van der Waals surface area (Å²) in [6.07, 6.45) is 2.62. The van der Waals surface area contributed by atoms with Gasteiger partial charge in [-0.1, -0.05) is 44.2 Å². The molecule has 0 bridgehead atoms. The van der Waals surface area contributed by atoms with Gasteiger partial charge in [0.1, 0.15) is 0 Å². The predicted molar refractivity (Wildman–Crippen MR) is 85.6 cm³/mol. The van der Waals surface area contributed by atoms with E-state index in [-0.39, 0.29) is 11.8 Å². The number of rotatable bonds is 5. The Labute approximate surface area is 132 Å². The quantitative estimate of drug-likeness (QED) is 0.909. The van der Waals surface area contributed by atoms with Crippen molar-refractivity contribution in [3.8, 4) is 0 Å². The maximum absolute atomic E-state index is 13.1. The first-order valence-electron chi connectivity index (χ1n) is 8.13. The molecule has 1 saturated heterocycles. The molecule has 4 heteroatoms. The van der Waals surface area contributed by atoms with E-state index in [0.29, 0.717) is 25.9 Å². The Kier molecular flexibility index (Phi) is 5.22. The fraction of sp³-hybridized carbons (Fsp3) is 0.556. The van der Waals surface area contributed by atoms with Crippen LogP contribution < -0.4 is 0 Å². The van der Waals surface area contributed by atoms with Gasteiger partial charge in [0, 0.05) is 13.1 Å². The summed E-state index contributed by atoms with van der Waals surface area (Å²) in [7, 11) is 0. The molecule has 120 valence electrons. The van der Waals surface area contributed by atoms with Crippen LogP contribution in [0, 0.1) is 5.92 Å². The van der Waals surface area contributed by atoms with Crippen LogP contribution in [0.25, 0.3) is 0 Å². The molecule has 1 aromatic rings. The maximum atomic E-state index is 13.1. The molecule has 1 aliphatic heterocycles. The summed E-state index contributed by atoms with van der Waals surface area (Å²) >= 11 is 0. The molecule has 1 aliphatic rings. The lowest BCUT2D eigenvalue weighted by Gasteiger charge is -2.39. The van der Waals surface area contributed by atoms with Crippen molar-refractivity contribution < 1.29 is 14.7 Å². The van der Waals surface area contributed by atoms with Crippen molar-refractivity contribution >= 4 is 11.9 Å². The molecular weight excluding hydrogens is 278 g/mol. The normalized spacial score (nSPS) is 16.5. The first kappa shape index (κ1) is 16.5. The summed E-state index contributed by atoms with van der Waals surface area (Å²) in [4.78, 5) is 26.1. The number of likely N-dealkylation sites (tertiary alicyclic amines) is 1. The Morgan fingerprint density at radius 3 is 2.14 bits per heavy atom. The molecule has 22 heavy (non-hydrogen) atoms. The second kappa shape index (κ2) is 6.95. The topological polar surface area (TPSA) is 57.6 Å². The molecule has 0 radical (unpaired) electrons. The number of carboxylic acid groups (broad SMARTS) is 1. The van der Waals surface area contributed by atoms with E-state index in [1.165, 1.54) is 0 Å². The smallest absolute Gasteiger partial charge is 0.306 e. The van der Waals surface area contributed by atoms with Gasteiger partial charge in [-0.3, -0.25) is 9.59 Å². The molecular formula is C18H25NO3. The van der Waals surface area contributed by atoms with E-state index < -0.39 is 11.4 Å². The number of nitrogens with zero attached hydrogens (tertiary/aromatic N) is 1. The SMILES string of the molecule is CCC(CC)(C(=O)N1CCC(C(=O)O)CC1)c1ccccc1. The fourth-order valence-electron chi connectivity index (χ4n) is 3.47. The van der Waals surface area contributed by atoms with Crippen LogP contribution in [0.3, 0.4) is 0 Å². The van der Waals surface area contributed by atoms with Crippen molar-refractivity contribution in [2.45, 2.75) is 44.9 Å². The van der Waals surface area contributed by atoms with Crippen molar-refractivity contribution in [3.63, 3.8) is 0 Å². The molecule has 1 fully saturated rings. The summed E-state index contributed by atoms with van der Waals surface area (Å²) in [6.45, 7) is 5.20. The van der Waals surface area contributed by atoms with Crippen LogP contribution in [0.15, 0.2) is 30.3 Å². The molecule has 0 spiro atoms. The molecule has 4 nitrogen and oxygen atoms in total. The van der Waals surface area contributed by atoms with Crippen molar-refractivity contribution in [2.75, 3.05) is 13.1 Å². The van der Waals surface area contributed by atoms with Crippen LogP contribution in [-0.4, -0.2) is 35.0 Å². The number of carbonyl (C=O) groups excluding carboxylic acids is 1. The lowest BCUT2D eigenvalue weighted by Crippen LogP contribution is -2.49. The zero-order chi connectivity index (χ0) is 16.2. The molecule has 1 N–H and O–H groups in total. The highest BCUT2D eigenvalue weighted by Crippen LogP contribution is 2.35. The second-order valence-corrected chi connectivity index (χ2v) is 6.06. The highest BCUT2D eigenvalue weighted by molar-refractivity contribution is 5.88. The van der Waals surface area contributed by atoms with Crippen LogP contribution in [0.5, 0.6) is 0 Å². The Balaban J connectivity index is 2.20. The van der Waals surface area contributed by atoms with Crippen molar-refractivity contribution in [3.05, 3.63) is 35.9 Å². The summed E-state index contributed by atoms with van der Waals surface area (Å²) < 4.78 is 0. The highest BCUT2D eigenvalue weighted by atomic mass is 16.4. The van der Waals surface area contributed by atoms with E-state index in [2.05, 4.69) is 13.8 Å². The molecule has 0 unspecified atom stereocenters. The van der Waals surface area contributed by atoms with Crippen LogP contribution in [0.1, 0.15) is 45.1 Å². The second-order valence-electron chi connectivity index (χ2n) is 6.06. The van der Waals surface area contributed by atoms with E-state index in [9.17, 15) is 9.59 Å². The number of hydrogen-bond donors (Lipinski definition) is 1. The van der Waals surface area contributed by atoms with E-state index in [1.54, 1.807) is 0 Å². The van der Waals surface area contributed by atoms with Gasteiger partial charge < -0.3 is 10.0 Å². The molecule has 0 aliphatic carbocycles. The van der Waals surface area contributed by atoms with Crippen molar-refractivity contribution in [2.24, 2.45) is 5.92 Å². The van der Waals surface area contributed by atoms with Gasteiger partial charge in [0.2, 0.25) is 5.91 Å². The van der Waals surface area contributed by atoms with Crippen LogP contribution in [0.2, 0.25) is 0 Å². The number of piperidine rings is 1. The summed E-state index contributed by atoms with van der Waals surface area (Å²) in [5, 5.41) is 9.09. The molecule has 0 saturated carbocycles. The molecule has 0 atom stereocenters. The molecule has 1 aromatic carbocycles. The number of carbonyl (C=O) groups is 2. The standard InChI is InChI=1S/C18H25NO3/c1-3-18(4-2,15-8-6-5-7-9-15)17(22)19-12-10-14(11-13-19)16(20)21/h5-9,14H,3-4,10-13H2,1-2H3,(H,20,21). The summed E-state index contributed by atoms with van der Waals surface area (Å²) in [5.74, 6) is -0.904. The monoisotopic (exact) mass is 303 g/mol. The van der Waals surface area contributed by atoms with Crippen molar-refractivity contribution in [1.29, 1.82) is 0 Å². The minimum Gasteiger partial charge on any atom is -0.481 e. The number of aliphatic carboxylic acids is 1. The average Bonchev–Trinajstić information content (AvgIpc) is 2.57. The lowest BCUT2D eigenvalue weighted by molar-refractivity contribution is -0.147. The third-order valence-corrected chi connectivity index (χ3v) is 5.07. The van der Waals surface area contributed by atoms with Gasteiger partial charge in [-0.05, 0) is 31.2 Å². The van der Waals surface area contributed by atoms with Gasteiger partial charge in [-0.2, -0.15) is 0 Å². The highest BCUT2D eigenvalue weighted by Gasteiger charge is 2.41. The van der Waals surface area contributed by atoms with Gasteiger partial charge in [-0.15, -0.1) is 0 Å².